The van der Waals surface area contributed by atoms with Crippen molar-refractivity contribution in [2.45, 2.75) is 110 Å². The Bertz CT molecular complexity index is 386. The fraction of sp³-hybridized carbons (Fsp3) is 0.913. The van der Waals surface area contributed by atoms with Crippen molar-refractivity contribution in [1.29, 1.82) is 0 Å². The maximum Gasteiger partial charge on any atom is 0.305 e. The molecule has 0 saturated heterocycles. The molecular formula is C23H44O6. The molecule has 0 saturated carbocycles. The molecule has 1 N–H and O–H groups in total. The predicted octanol–water partition coefficient (Wildman–Crippen LogP) is 6.07. The first-order valence-corrected chi connectivity index (χ1v) is 11.7. The first kappa shape index (κ1) is 27.9. The molecule has 0 bridgehead atoms. The normalized spacial score (nSPS) is 12.1. The van der Waals surface area contributed by atoms with Crippen molar-refractivity contribution in [2.75, 3.05) is 19.8 Å². The SMILES string of the molecule is CCCCCCCCCOOCC(COC(=O)CCCCCCCC)CC(=O)O. The van der Waals surface area contributed by atoms with Crippen LogP contribution >= 0.6 is 0 Å². The summed E-state index contributed by atoms with van der Waals surface area (Å²) in [5.74, 6) is -1.59. The van der Waals surface area contributed by atoms with Crippen LogP contribution in [-0.4, -0.2) is 36.9 Å². The molecule has 172 valence electrons. The topological polar surface area (TPSA) is 82.1 Å². The number of esters is 1. The van der Waals surface area contributed by atoms with Crippen molar-refractivity contribution in [3.63, 3.8) is 0 Å². The fourth-order valence-electron chi connectivity index (χ4n) is 3.07. The minimum absolute atomic E-state index is 0.0573. The zero-order chi connectivity index (χ0) is 21.6. The Morgan fingerprint density at radius 2 is 1.28 bits per heavy atom. The summed E-state index contributed by atoms with van der Waals surface area (Å²) in [6, 6.07) is 0. The fourth-order valence-corrected chi connectivity index (χ4v) is 3.07. The van der Waals surface area contributed by atoms with Crippen molar-refractivity contribution >= 4 is 11.9 Å². The van der Waals surface area contributed by atoms with Gasteiger partial charge in [-0.15, -0.1) is 0 Å². The number of carboxylic acids is 1. The van der Waals surface area contributed by atoms with E-state index in [1.807, 2.05) is 0 Å². The number of rotatable bonds is 22. The number of hydrogen-bond acceptors (Lipinski definition) is 5. The van der Waals surface area contributed by atoms with Crippen LogP contribution in [-0.2, 0) is 24.1 Å². The van der Waals surface area contributed by atoms with Gasteiger partial charge in [0.1, 0.15) is 0 Å². The number of ether oxygens (including phenoxy) is 1. The smallest absolute Gasteiger partial charge is 0.305 e. The molecule has 1 unspecified atom stereocenters. The minimum atomic E-state index is -0.933. The van der Waals surface area contributed by atoms with E-state index >= 15 is 0 Å². The molecule has 29 heavy (non-hydrogen) atoms. The molecule has 6 nitrogen and oxygen atoms in total. The number of aliphatic carboxylic acids is 1. The van der Waals surface area contributed by atoms with Crippen LogP contribution in [0.2, 0.25) is 0 Å². The molecule has 0 aromatic heterocycles. The van der Waals surface area contributed by atoms with E-state index in [0.29, 0.717) is 13.0 Å². The number of hydrogen-bond donors (Lipinski definition) is 1. The van der Waals surface area contributed by atoms with Crippen molar-refractivity contribution in [3.05, 3.63) is 0 Å². The molecular weight excluding hydrogens is 372 g/mol. The Balaban J connectivity index is 3.75. The zero-order valence-corrected chi connectivity index (χ0v) is 18.8. The molecule has 0 amide bonds. The molecule has 0 heterocycles. The van der Waals surface area contributed by atoms with Gasteiger partial charge in [0.15, 0.2) is 0 Å². The second kappa shape index (κ2) is 21.6. The van der Waals surface area contributed by atoms with Gasteiger partial charge >= 0.3 is 11.9 Å². The highest BCUT2D eigenvalue weighted by atomic mass is 17.2. The monoisotopic (exact) mass is 416 g/mol. The molecule has 0 aromatic carbocycles. The second-order valence-corrected chi connectivity index (χ2v) is 7.89. The van der Waals surface area contributed by atoms with E-state index in [0.717, 1.165) is 32.1 Å². The Morgan fingerprint density at radius 1 is 0.724 bits per heavy atom. The third kappa shape index (κ3) is 21.4. The highest BCUT2D eigenvalue weighted by molar-refractivity contribution is 5.69. The highest BCUT2D eigenvalue weighted by Crippen LogP contribution is 2.11. The lowest BCUT2D eigenvalue weighted by molar-refractivity contribution is -0.303. The molecule has 1 atom stereocenters. The van der Waals surface area contributed by atoms with Gasteiger partial charge in [-0.3, -0.25) is 9.59 Å². The molecule has 6 heteroatoms. The maximum atomic E-state index is 11.8. The van der Waals surface area contributed by atoms with E-state index < -0.39 is 11.9 Å². The molecule has 0 aliphatic rings. The van der Waals surface area contributed by atoms with Gasteiger partial charge < -0.3 is 9.84 Å². The Kier molecular flexibility index (Phi) is 20.7. The average molecular weight is 417 g/mol. The molecule has 0 aliphatic heterocycles. The van der Waals surface area contributed by atoms with Crippen LogP contribution in [0.5, 0.6) is 0 Å². The van der Waals surface area contributed by atoms with Gasteiger partial charge in [-0.05, 0) is 12.8 Å². The van der Waals surface area contributed by atoms with E-state index in [1.165, 1.54) is 51.4 Å². The molecule has 0 spiro atoms. The van der Waals surface area contributed by atoms with Crippen LogP contribution in [0.3, 0.4) is 0 Å². The molecule has 0 aliphatic carbocycles. The van der Waals surface area contributed by atoms with E-state index in [1.54, 1.807) is 0 Å². The van der Waals surface area contributed by atoms with Crippen molar-refractivity contribution in [2.24, 2.45) is 5.92 Å². The van der Waals surface area contributed by atoms with Gasteiger partial charge in [-0.1, -0.05) is 84.5 Å². The summed E-state index contributed by atoms with van der Waals surface area (Å²) in [6.07, 6.45) is 15.3. The number of carbonyl (C=O) groups is 2. The van der Waals surface area contributed by atoms with Crippen molar-refractivity contribution in [3.8, 4) is 0 Å². The lowest BCUT2D eigenvalue weighted by atomic mass is 10.1. The Labute approximate surface area is 177 Å². The summed E-state index contributed by atoms with van der Waals surface area (Å²) in [5.41, 5.74) is 0. The maximum absolute atomic E-state index is 11.8. The zero-order valence-electron chi connectivity index (χ0n) is 18.8. The minimum Gasteiger partial charge on any atom is -0.481 e. The summed E-state index contributed by atoms with van der Waals surface area (Å²) >= 11 is 0. The molecule has 0 aromatic rings. The van der Waals surface area contributed by atoms with Gasteiger partial charge in [0.2, 0.25) is 0 Å². The van der Waals surface area contributed by atoms with Gasteiger partial charge in [-0.2, -0.15) is 0 Å². The lowest BCUT2D eigenvalue weighted by Gasteiger charge is -2.15. The lowest BCUT2D eigenvalue weighted by Crippen LogP contribution is -2.22. The van der Waals surface area contributed by atoms with Crippen LogP contribution in [0.4, 0.5) is 0 Å². The van der Waals surface area contributed by atoms with E-state index in [4.69, 9.17) is 19.6 Å². The second-order valence-electron chi connectivity index (χ2n) is 7.89. The van der Waals surface area contributed by atoms with Crippen LogP contribution in [0, 0.1) is 5.92 Å². The average Bonchev–Trinajstić information content (AvgIpc) is 2.69. The summed E-state index contributed by atoms with van der Waals surface area (Å²) in [6.45, 7) is 5.06. The molecule has 0 radical (unpaired) electrons. The summed E-state index contributed by atoms with van der Waals surface area (Å²) in [4.78, 5) is 33.1. The van der Waals surface area contributed by atoms with Gasteiger partial charge in [0.25, 0.3) is 0 Å². The van der Waals surface area contributed by atoms with Gasteiger partial charge in [0, 0.05) is 12.3 Å². The summed E-state index contributed by atoms with van der Waals surface area (Å²) in [5, 5.41) is 9.02. The van der Waals surface area contributed by atoms with E-state index in [9.17, 15) is 9.59 Å². The van der Waals surface area contributed by atoms with Crippen molar-refractivity contribution in [1.82, 2.24) is 0 Å². The summed E-state index contributed by atoms with van der Waals surface area (Å²) < 4.78 is 5.24. The third-order valence-electron chi connectivity index (χ3n) is 4.90. The number of carboxylic acid groups (broad SMARTS) is 1. The molecule has 0 fully saturated rings. The first-order chi connectivity index (χ1) is 14.1. The van der Waals surface area contributed by atoms with Gasteiger partial charge in [-0.25, -0.2) is 9.78 Å². The number of unbranched alkanes of at least 4 members (excludes halogenated alkanes) is 11. The number of carbonyl (C=O) groups excluding carboxylic acids is 1. The van der Waals surface area contributed by atoms with E-state index in [-0.39, 0.29) is 25.6 Å². The van der Waals surface area contributed by atoms with Crippen molar-refractivity contribution < 1.29 is 29.2 Å². The van der Waals surface area contributed by atoms with Crippen LogP contribution in [0.25, 0.3) is 0 Å². The van der Waals surface area contributed by atoms with E-state index in [2.05, 4.69) is 13.8 Å². The quantitative estimate of drug-likeness (QED) is 0.0998. The van der Waals surface area contributed by atoms with Crippen LogP contribution in [0.1, 0.15) is 110 Å². The Hall–Kier alpha value is -1.14. The Morgan fingerprint density at radius 3 is 1.86 bits per heavy atom. The first-order valence-electron chi connectivity index (χ1n) is 11.7. The van der Waals surface area contributed by atoms with Crippen LogP contribution < -0.4 is 0 Å². The largest absolute Gasteiger partial charge is 0.481 e. The standard InChI is InChI=1S/C23H44O6/c1-3-5-7-9-11-13-15-17-28-29-20-21(18-22(24)25)19-27-23(26)16-14-12-10-8-6-4-2/h21H,3-20H2,1-2H3,(H,24,25). The molecule has 0 rings (SSSR count). The highest BCUT2D eigenvalue weighted by Gasteiger charge is 2.17. The summed E-state index contributed by atoms with van der Waals surface area (Å²) in [7, 11) is 0. The van der Waals surface area contributed by atoms with Crippen LogP contribution in [0.15, 0.2) is 0 Å². The van der Waals surface area contributed by atoms with Gasteiger partial charge in [0.05, 0.1) is 26.2 Å². The third-order valence-corrected chi connectivity index (χ3v) is 4.90. The predicted molar refractivity (Wildman–Crippen MR) is 115 cm³/mol.